The third-order valence-electron chi connectivity index (χ3n) is 4.25. The Balaban J connectivity index is 1.75. The van der Waals surface area contributed by atoms with Crippen molar-refractivity contribution < 1.29 is 22.3 Å². The minimum absolute atomic E-state index is 0.0334. The minimum atomic E-state index is -3.74. The standard InChI is InChI=1S/C18H20N2O6S/c1-20-15-7-6-14(11-17(15)26-18(20)21)27(22,23)19-9-8-12-4-5-13(24-2)10-16(12)25-3/h4-7,10-11,19H,8-9H2,1-3H3. The molecule has 0 saturated heterocycles. The van der Waals surface area contributed by atoms with Gasteiger partial charge >= 0.3 is 5.76 Å². The zero-order valence-electron chi connectivity index (χ0n) is 15.2. The van der Waals surface area contributed by atoms with Crippen molar-refractivity contribution in [1.29, 1.82) is 0 Å². The Labute approximate surface area is 156 Å². The molecular weight excluding hydrogens is 372 g/mol. The first-order chi connectivity index (χ1) is 12.9. The number of benzene rings is 2. The van der Waals surface area contributed by atoms with Gasteiger partial charge in [-0.25, -0.2) is 17.9 Å². The molecule has 0 aliphatic heterocycles. The summed E-state index contributed by atoms with van der Waals surface area (Å²) in [5, 5.41) is 0. The largest absolute Gasteiger partial charge is 0.497 e. The van der Waals surface area contributed by atoms with Gasteiger partial charge in [0.1, 0.15) is 11.5 Å². The van der Waals surface area contributed by atoms with Crippen LogP contribution in [0.1, 0.15) is 5.56 Å². The van der Waals surface area contributed by atoms with Gasteiger partial charge < -0.3 is 13.9 Å². The fraction of sp³-hybridized carbons (Fsp3) is 0.278. The van der Waals surface area contributed by atoms with E-state index >= 15 is 0 Å². The van der Waals surface area contributed by atoms with Crippen molar-refractivity contribution in [2.75, 3.05) is 20.8 Å². The highest BCUT2D eigenvalue weighted by Crippen LogP contribution is 2.25. The maximum Gasteiger partial charge on any atom is 0.419 e. The number of aromatic nitrogens is 1. The van der Waals surface area contributed by atoms with Crippen molar-refractivity contribution in [2.45, 2.75) is 11.3 Å². The third-order valence-corrected chi connectivity index (χ3v) is 5.71. The topological polar surface area (TPSA) is 99.8 Å². The quantitative estimate of drug-likeness (QED) is 0.657. The Kier molecular flexibility index (Phi) is 5.24. The summed E-state index contributed by atoms with van der Waals surface area (Å²) in [7, 11) is 0.924. The number of nitrogens with one attached hydrogen (secondary N) is 1. The summed E-state index contributed by atoms with van der Waals surface area (Å²) >= 11 is 0. The molecule has 27 heavy (non-hydrogen) atoms. The highest BCUT2D eigenvalue weighted by atomic mass is 32.2. The Hall–Kier alpha value is -2.78. The number of fused-ring (bicyclic) bond motifs is 1. The van der Waals surface area contributed by atoms with Crippen LogP contribution in [0.5, 0.6) is 11.5 Å². The molecule has 0 amide bonds. The molecule has 0 unspecified atom stereocenters. The van der Waals surface area contributed by atoms with Crippen molar-refractivity contribution in [2.24, 2.45) is 7.05 Å². The zero-order chi connectivity index (χ0) is 19.6. The van der Waals surface area contributed by atoms with Crippen molar-refractivity contribution in [3.63, 3.8) is 0 Å². The first-order valence-electron chi connectivity index (χ1n) is 8.16. The van der Waals surface area contributed by atoms with Crippen LogP contribution >= 0.6 is 0 Å². The molecular formula is C18H20N2O6S. The van der Waals surface area contributed by atoms with Crippen LogP contribution < -0.4 is 20.0 Å². The molecule has 3 aromatic rings. The molecule has 1 heterocycles. The molecule has 0 aliphatic carbocycles. The van der Waals surface area contributed by atoms with Gasteiger partial charge in [-0.05, 0) is 30.2 Å². The van der Waals surface area contributed by atoms with Crippen molar-refractivity contribution in [1.82, 2.24) is 9.29 Å². The normalized spacial score (nSPS) is 11.7. The van der Waals surface area contributed by atoms with E-state index in [1.54, 1.807) is 39.5 Å². The Morgan fingerprint density at radius 3 is 2.59 bits per heavy atom. The molecule has 0 saturated carbocycles. The molecule has 0 fully saturated rings. The van der Waals surface area contributed by atoms with Gasteiger partial charge in [-0.15, -0.1) is 0 Å². The van der Waals surface area contributed by atoms with E-state index in [1.807, 2.05) is 6.07 Å². The van der Waals surface area contributed by atoms with Gasteiger partial charge in [0.25, 0.3) is 0 Å². The Morgan fingerprint density at radius 2 is 1.89 bits per heavy atom. The summed E-state index contributed by atoms with van der Waals surface area (Å²) in [6, 6.07) is 9.69. The van der Waals surface area contributed by atoms with Crippen LogP contribution in [-0.2, 0) is 23.5 Å². The summed E-state index contributed by atoms with van der Waals surface area (Å²) in [6.07, 6.45) is 0.440. The van der Waals surface area contributed by atoms with Gasteiger partial charge in [0.2, 0.25) is 10.0 Å². The molecule has 0 spiro atoms. The summed E-state index contributed by atoms with van der Waals surface area (Å²) in [5.41, 5.74) is 1.61. The molecule has 0 aliphatic rings. The lowest BCUT2D eigenvalue weighted by molar-refractivity contribution is 0.391. The molecule has 0 atom stereocenters. The molecule has 3 rings (SSSR count). The first kappa shape index (κ1) is 19.0. The smallest absolute Gasteiger partial charge is 0.419 e. The Bertz CT molecular complexity index is 1130. The minimum Gasteiger partial charge on any atom is -0.497 e. The average molecular weight is 392 g/mol. The Morgan fingerprint density at radius 1 is 1.11 bits per heavy atom. The van der Waals surface area contributed by atoms with E-state index in [-0.39, 0.29) is 17.0 Å². The molecule has 0 bridgehead atoms. The highest BCUT2D eigenvalue weighted by Gasteiger charge is 2.17. The van der Waals surface area contributed by atoms with Crippen LogP contribution in [0, 0.1) is 0 Å². The van der Waals surface area contributed by atoms with Gasteiger partial charge in [0, 0.05) is 25.7 Å². The fourth-order valence-electron chi connectivity index (χ4n) is 2.74. The zero-order valence-corrected chi connectivity index (χ0v) is 16.0. The monoisotopic (exact) mass is 392 g/mol. The number of methoxy groups -OCH3 is 2. The lowest BCUT2D eigenvalue weighted by atomic mass is 10.1. The average Bonchev–Trinajstić information content (AvgIpc) is 2.95. The van der Waals surface area contributed by atoms with Crippen molar-refractivity contribution in [3.05, 3.63) is 52.5 Å². The maximum atomic E-state index is 12.5. The number of oxazole rings is 1. The van der Waals surface area contributed by atoms with Crippen molar-refractivity contribution >= 4 is 21.1 Å². The van der Waals surface area contributed by atoms with E-state index in [1.165, 1.54) is 16.7 Å². The van der Waals surface area contributed by atoms with E-state index in [4.69, 9.17) is 13.9 Å². The van der Waals surface area contributed by atoms with Gasteiger partial charge in [-0.3, -0.25) is 4.57 Å². The number of hydrogen-bond acceptors (Lipinski definition) is 6. The highest BCUT2D eigenvalue weighted by molar-refractivity contribution is 7.89. The predicted octanol–water partition coefficient (Wildman–Crippen LogP) is 1.67. The van der Waals surface area contributed by atoms with Gasteiger partial charge in [0.05, 0.1) is 24.6 Å². The number of rotatable bonds is 7. The van der Waals surface area contributed by atoms with Crippen LogP contribution in [0.2, 0.25) is 0 Å². The number of sulfonamides is 1. The second-order valence-corrected chi connectivity index (χ2v) is 7.65. The second-order valence-electron chi connectivity index (χ2n) is 5.88. The molecule has 144 valence electrons. The lowest BCUT2D eigenvalue weighted by Gasteiger charge is -2.11. The summed E-state index contributed by atoms with van der Waals surface area (Å²) in [6.45, 7) is 0.182. The van der Waals surface area contributed by atoms with E-state index in [2.05, 4.69) is 4.72 Å². The van der Waals surface area contributed by atoms with Gasteiger partial charge in [-0.1, -0.05) is 6.07 Å². The van der Waals surface area contributed by atoms with Crippen LogP contribution in [0.4, 0.5) is 0 Å². The number of nitrogens with zero attached hydrogens (tertiary/aromatic N) is 1. The maximum absolute atomic E-state index is 12.5. The summed E-state index contributed by atoms with van der Waals surface area (Å²) in [4.78, 5) is 11.6. The number of hydrogen-bond donors (Lipinski definition) is 1. The van der Waals surface area contributed by atoms with E-state index in [0.29, 0.717) is 23.4 Å². The van der Waals surface area contributed by atoms with E-state index in [0.717, 1.165) is 5.56 Å². The van der Waals surface area contributed by atoms with Gasteiger partial charge in [-0.2, -0.15) is 0 Å². The first-order valence-corrected chi connectivity index (χ1v) is 9.64. The molecule has 0 radical (unpaired) electrons. The van der Waals surface area contributed by atoms with Crippen LogP contribution in [0.3, 0.4) is 0 Å². The molecule has 1 N–H and O–H groups in total. The number of ether oxygens (including phenoxy) is 2. The van der Waals surface area contributed by atoms with E-state index in [9.17, 15) is 13.2 Å². The second kappa shape index (κ2) is 7.45. The van der Waals surface area contributed by atoms with E-state index < -0.39 is 15.8 Å². The summed E-state index contributed by atoms with van der Waals surface area (Å²) < 4.78 is 44.4. The molecule has 8 nitrogen and oxygen atoms in total. The third kappa shape index (κ3) is 3.83. The lowest BCUT2D eigenvalue weighted by Crippen LogP contribution is -2.26. The van der Waals surface area contributed by atoms with Gasteiger partial charge in [0.15, 0.2) is 5.58 Å². The summed E-state index contributed by atoms with van der Waals surface area (Å²) in [5.74, 6) is 0.744. The SMILES string of the molecule is COc1ccc(CCNS(=O)(=O)c2ccc3c(c2)oc(=O)n3C)c(OC)c1. The van der Waals surface area contributed by atoms with Crippen LogP contribution in [0.15, 0.2) is 50.5 Å². The predicted molar refractivity (Wildman–Crippen MR) is 99.9 cm³/mol. The fourth-order valence-corrected chi connectivity index (χ4v) is 3.79. The molecule has 9 heteroatoms. The van der Waals surface area contributed by atoms with Crippen LogP contribution in [-0.4, -0.2) is 33.7 Å². The van der Waals surface area contributed by atoms with Crippen LogP contribution in [0.25, 0.3) is 11.1 Å². The molecule has 2 aromatic carbocycles. The van der Waals surface area contributed by atoms with Crippen molar-refractivity contribution in [3.8, 4) is 11.5 Å². The number of aryl methyl sites for hydroxylation is 1. The molecule has 1 aromatic heterocycles.